The molecule has 1 aliphatic heterocycles. The second-order valence-corrected chi connectivity index (χ2v) is 6.85. The van der Waals surface area contributed by atoms with Gasteiger partial charge in [0.15, 0.2) is 0 Å². The van der Waals surface area contributed by atoms with Gasteiger partial charge in [-0.15, -0.1) is 0 Å². The largest absolute Gasteiger partial charge is 0.342 e. The quantitative estimate of drug-likeness (QED) is 0.894. The molecule has 0 spiro atoms. The van der Waals surface area contributed by atoms with Crippen LogP contribution in [0.15, 0.2) is 42.5 Å². The van der Waals surface area contributed by atoms with E-state index in [2.05, 4.69) is 5.32 Å². The van der Waals surface area contributed by atoms with Crippen LogP contribution in [0.25, 0.3) is 0 Å². The second kappa shape index (κ2) is 7.68. The van der Waals surface area contributed by atoms with Crippen molar-refractivity contribution in [3.05, 3.63) is 65.0 Å². The van der Waals surface area contributed by atoms with Crippen molar-refractivity contribution in [2.45, 2.75) is 26.7 Å². The molecule has 2 aromatic carbocycles. The number of aryl methyl sites for hydroxylation is 1. The van der Waals surface area contributed by atoms with E-state index in [0.717, 1.165) is 22.4 Å². The van der Waals surface area contributed by atoms with E-state index in [9.17, 15) is 14.0 Å². The first-order valence-electron chi connectivity index (χ1n) is 8.83. The number of carbonyl (C=O) groups is 2. The molecule has 0 radical (unpaired) electrons. The van der Waals surface area contributed by atoms with Gasteiger partial charge in [0.05, 0.1) is 5.92 Å². The maximum atomic E-state index is 13.0. The molecule has 0 bridgehead atoms. The Kier molecular flexibility index (Phi) is 5.35. The van der Waals surface area contributed by atoms with Crippen LogP contribution in [0.5, 0.6) is 0 Å². The molecule has 2 amide bonds. The number of benzene rings is 2. The molecule has 0 aromatic heterocycles. The van der Waals surface area contributed by atoms with Crippen molar-refractivity contribution < 1.29 is 14.0 Å². The Morgan fingerprint density at radius 3 is 2.65 bits per heavy atom. The Morgan fingerprint density at radius 1 is 1.19 bits per heavy atom. The number of rotatable bonds is 5. The summed E-state index contributed by atoms with van der Waals surface area (Å²) < 4.78 is 13.0. The van der Waals surface area contributed by atoms with Crippen LogP contribution >= 0.6 is 0 Å². The standard InChI is InChI=1S/C21H23FN2O2/c1-14-4-3-5-19(15(14)2)23-21(26)17-12-20(25)24(13-17)11-10-16-6-8-18(22)9-7-16/h3-9,17H,10-13H2,1-2H3,(H,23,26)/t17-/m1/s1. The smallest absolute Gasteiger partial charge is 0.229 e. The molecular weight excluding hydrogens is 331 g/mol. The van der Waals surface area contributed by atoms with E-state index < -0.39 is 0 Å². The molecule has 1 saturated heterocycles. The lowest BCUT2D eigenvalue weighted by atomic mass is 10.1. The number of nitrogens with zero attached hydrogens (tertiary/aromatic N) is 1. The van der Waals surface area contributed by atoms with Gasteiger partial charge >= 0.3 is 0 Å². The third kappa shape index (κ3) is 4.10. The molecule has 1 N–H and O–H groups in total. The third-order valence-electron chi connectivity index (χ3n) is 5.03. The Hall–Kier alpha value is -2.69. The number of likely N-dealkylation sites (tertiary alicyclic amines) is 1. The highest BCUT2D eigenvalue weighted by atomic mass is 19.1. The van der Waals surface area contributed by atoms with Gasteiger partial charge in [0.25, 0.3) is 0 Å². The van der Waals surface area contributed by atoms with Crippen LogP contribution in [0.2, 0.25) is 0 Å². The number of nitrogens with one attached hydrogen (secondary N) is 1. The predicted octanol–water partition coefficient (Wildman–Crippen LogP) is 3.47. The topological polar surface area (TPSA) is 49.4 Å². The molecule has 136 valence electrons. The molecule has 26 heavy (non-hydrogen) atoms. The zero-order chi connectivity index (χ0) is 18.7. The molecule has 4 nitrogen and oxygen atoms in total. The maximum absolute atomic E-state index is 13.0. The van der Waals surface area contributed by atoms with Crippen LogP contribution in [-0.2, 0) is 16.0 Å². The van der Waals surface area contributed by atoms with Gasteiger partial charge in [-0.05, 0) is 55.2 Å². The maximum Gasteiger partial charge on any atom is 0.229 e. The van der Waals surface area contributed by atoms with E-state index in [-0.39, 0.29) is 30.0 Å². The summed E-state index contributed by atoms with van der Waals surface area (Å²) in [5.41, 5.74) is 3.93. The van der Waals surface area contributed by atoms with Crippen LogP contribution in [0.3, 0.4) is 0 Å². The number of anilines is 1. The summed E-state index contributed by atoms with van der Waals surface area (Å²) in [7, 11) is 0. The van der Waals surface area contributed by atoms with Crippen LogP contribution in [-0.4, -0.2) is 29.8 Å². The van der Waals surface area contributed by atoms with Gasteiger partial charge in [-0.3, -0.25) is 9.59 Å². The van der Waals surface area contributed by atoms with Gasteiger partial charge in [-0.25, -0.2) is 4.39 Å². The zero-order valence-corrected chi connectivity index (χ0v) is 15.1. The van der Waals surface area contributed by atoms with Gasteiger partial charge in [0, 0.05) is 25.2 Å². The highest BCUT2D eigenvalue weighted by Gasteiger charge is 2.34. The summed E-state index contributed by atoms with van der Waals surface area (Å²) in [5, 5.41) is 2.95. The van der Waals surface area contributed by atoms with E-state index in [1.54, 1.807) is 17.0 Å². The van der Waals surface area contributed by atoms with Gasteiger partial charge in [-0.1, -0.05) is 24.3 Å². The SMILES string of the molecule is Cc1cccc(NC(=O)[C@@H]2CC(=O)N(CCc3ccc(F)cc3)C2)c1C. The lowest BCUT2D eigenvalue weighted by molar-refractivity contribution is -0.128. The van der Waals surface area contributed by atoms with Crippen molar-refractivity contribution in [3.63, 3.8) is 0 Å². The minimum Gasteiger partial charge on any atom is -0.342 e. The molecule has 0 unspecified atom stereocenters. The first-order chi connectivity index (χ1) is 12.4. The zero-order valence-electron chi connectivity index (χ0n) is 15.1. The van der Waals surface area contributed by atoms with Gasteiger partial charge in [-0.2, -0.15) is 0 Å². The van der Waals surface area contributed by atoms with Crippen molar-refractivity contribution in [1.29, 1.82) is 0 Å². The summed E-state index contributed by atoms with van der Waals surface area (Å²) in [6, 6.07) is 12.1. The van der Waals surface area contributed by atoms with Gasteiger partial charge in [0.2, 0.25) is 11.8 Å². The Labute approximate surface area is 153 Å². The summed E-state index contributed by atoms with van der Waals surface area (Å²) in [4.78, 5) is 26.5. The van der Waals surface area contributed by atoms with Crippen LogP contribution in [0, 0.1) is 25.6 Å². The van der Waals surface area contributed by atoms with E-state index in [0.29, 0.717) is 19.5 Å². The fourth-order valence-electron chi connectivity index (χ4n) is 3.20. The molecule has 1 aliphatic rings. The Balaban J connectivity index is 1.57. The Bertz CT molecular complexity index is 817. The average molecular weight is 354 g/mol. The van der Waals surface area contributed by atoms with Crippen LogP contribution in [0.1, 0.15) is 23.1 Å². The van der Waals surface area contributed by atoms with Crippen molar-refractivity contribution in [3.8, 4) is 0 Å². The first kappa shape index (κ1) is 18.1. The first-order valence-corrected chi connectivity index (χ1v) is 8.83. The number of hydrogen-bond acceptors (Lipinski definition) is 2. The molecule has 3 rings (SSSR count). The lowest BCUT2D eigenvalue weighted by Crippen LogP contribution is -2.30. The predicted molar refractivity (Wildman–Crippen MR) is 99.3 cm³/mol. The highest BCUT2D eigenvalue weighted by Crippen LogP contribution is 2.23. The van der Waals surface area contributed by atoms with Crippen molar-refractivity contribution >= 4 is 17.5 Å². The normalized spacial score (nSPS) is 16.8. The molecule has 0 saturated carbocycles. The van der Waals surface area contributed by atoms with Crippen molar-refractivity contribution in [2.24, 2.45) is 5.92 Å². The number of halogens is 1. The fraction of sp³-hybridized carbons (Fsp3) is 0.333. The fourth-order valence-corrected chi connectivity index (χ4v) is 3.20. The summed E-state index contributed by atoms with van der Waals surface area (Å²) in [6.45, 7) is 4.94. The summed E-state index contributed by atoms with van der Waals surface area (Å²) in [6.07, 6.45) is 0.886. The van der Waals surface area contributed by atoms with Crippen LogP contribution < -0.4 is 5.32 Å². The highest BCUT2D eigenvalue weighted by molar-refractivity contribution is 5.97. The second-order valence-electron chi connectivity index (χ2n) is 6.85. The summed E-state index contributed by atoms with van der Waals surface area (Å²) >= 11 is 0. The van der Waals surface area contributed by atoms with Crippen molar-refractivity contribution in [1.82, 2.24) is 4.90 Å². The Morgan fingerprint density at radius 2 is 1.92 bits per heavy atom. The number of hydrogen-bond donors (Lipinski definition) is 1. The minimum atomic E-state index is -0.337. The van der Waals surface area contributed by atoms with Crippen LogP contribution in [0.4, 0.5) is 10.1 Å². The molecular formula is C21H23FN2O2. The molecule has 5 heteroatoms. The molecule has 2 aromatic rings. The minimum absolute atomic E-state index is 0.00627. The monoisotopic (exact) mass is 354 g/mol. The van der Waals surface area contributed by atoms with E-state index in [1.165, 1.54) is 12.1 Å². The molecule has 0 aliphatic carbocycles. The van der Waals surface area contributed by atoms with Gasteiger partial charge in [0.1, 0.15) is 5.82 Å². The van der Waals surface area contributed by atoms with E-state index >= 15 is 0 Å². The molecule has 1 atom stereocenters. The molecule has 1 fully saturated rings. The van der Waals surface area contributed by atoms with E-state index in [4.69, 9.17) is 0 Å². The lowest BCUT2D eigenvalue weighted by Gasteiger charge is -2.17. The summed E-state index contributed by atoms with van der Waals surface area (Å²) in [5.74, 6) is -0.727. The number of amides is 2. The van der Waals surface area contributed by atoms with E-state index in [1.807, 2.05) is 32.0 Å². The molecule has 1 heterocycles. The van der Waals surface area contributed by atoms with Crippen molar-refractivity contribution in [2.75, 3.05) is 18.4 Å². The average Bonchev–Trinajstić information content (AvgIpc) is 2.99. The van der Waals surface area contributed by atoms with Gasteiger partial charge < -0.3 is 10.2 Å². The number of carbonyl (C=O) groups excluding carboxylic acids is 2. The third-order valence-corrected chi connectivity index (χ3v) is 5.03.